The zero-order chi connectivity index (χ0) is 18.9. The van der Waals surface area contributed by atoms with Gasteiger partial charge in [0.05, 0.1) is 11.2 Å². The summed E-state index contributed by atoms with van der Waals surface area (Å²) in [6, 6.07) is 9.64. The predicted octanol–water partition coefficient (Wildman–Crippen LogP) is 2.97. The fourth-order valence-corrected chi connectivity index (χ4v) is 2.58. The number of ether oxygens (including phenoxy) is 1. The zero-order valence-corrected chi connectivity index (χ0v) is 15.2. The molecule has 3 rings (SSSR count). The van der Waals surface area contributed by atoms with E-state index in [1.165, 1.54) is 18.3 Å². The van der Waals surface area contributed by atoms with E-state index in [4.69, 9.17) is 19.3 Å². The van der Waals surface area contributed by atoms with Crippen molar-refractivity contribution in [1.82, 2.24) is 4.98 Å². The smallest absolute Gasteiger partial charge is 0.489 e. The Kier molecular flexibility index (Phi) is 4.74. The maximum absolute atomic E-state index is 13.8. The van der Waals surface area contributed by atoms with Gasteiger partial charge >= 0.3 is 7.12 Å². The maximum atomic E-state index is 13.8. The Morgan fingerprint density at radius 2 is 1.85 bits per heavy atom. The number of hydrogen-bond donors (Lipinski definition) is 0. The molecule has 1 aliphatic rings. The SMILES string of the molecule is CC1(C)OB(c2ccc(F)cc2OCc2ccnc(C#N)c2)OC1(C)C. The summed E-state index contributed by atoms with van der Waals surface area (Å²) in [6.07, 6.45) is 1.54. The van der Waals surface area contributed by atoms with Gasteiger partial charge < -0.3 is 14.0 Å². The quantitative estimate of drug-likeness (QED) is 0.790. The Morgan fingerprint density at radius 3 is 2.50 bits per heavy atom. The van der Waals surface area contributed by atoms with E-state index in [0.717, 1.165) is 5.56 Å². The van der Waals surface area contributed by atoms with E-state index in [1.807, 2.05) is 33.8 Å². The van der Waals surface area contributed by atoms with Crippen LogP contribution in [0.3, 0.4) is 0 Å². The molecule has 0 saturated carbocycles. The van der Waals surface area contributed by atoms with Crippen molar-refractivity contribution in [1.29, 1.82) is 5.26 Å². The highest BCUT2D eigenvalue weighted by Crippen LogP contribution is 2.37. The van der Waals surface area contributed by atoms with Crippen molar-refractivity contribution in [2.45, 2.75) is 45.5 Å². The highest BCUT2D eigenvalue weighted by molar-refractivity contribution is 6.63. The lowest BCUT2D eigenvalue weighted by Gasteiger charge is -2.32. The van der Waals surface area contributed by atoms with Gasteiger partial charge in [0.15, 0.2) is 0 Å². The normalized spacial score (nSPS) is 17.8. The van der Waals surface area contributed by atoms with Crippen molar-refractivity contribution in [2.24, 2.45) is 0 Å². The van der Waals surface area contributed by atoms with E-state index in [-0.39, 0.29) is 6.61 Å². The number of nitrogens with zero attached hydrogens (tertiary/aromatic N) is 2. The van der Waals surface area contributed by atoms with Gasteiger partial charge in [0.25, 0.3) is 0 Å². The number of aromatic nitrogens is 1. The van der Waals surface area contributed by atoms with Gasteiger partial charge in [0, 0.05) is 17.7 Å². The molecule has 1 aliphatic heterocycles. The molecule has 134 valence electrons. The molecule has 0 bridgehead atoms. The van der Waals surface area contributed by atoms with Crippen LogP contribution in [0.2, 0.25) is 0 Å². The summed E-state index contributed by atoms with van der Waals surface area (Å²) in [5.41, 5.74) is 0.684. The van der Waals surface area contributed by atoms with Crippen LogP contribution in [0.4, 0.5) is 4.39 Å². The van der Waals surface area contributed by atoms with Crippen molar-refractivity contribution in [3.8, 4) is 11.8 Å². The molecule has 1 aromatic carbocycles. The van der Waals surface area contributed by atoms with Gasteiger partial charge in [0.2, 0.25) is 0 Å². The highest BCUT2D eigenvalue weighted by Gasteiger charge is 2.52. The minimum atomic E-state index is -0.650. The first-order chi connectivity index (χ1) is 12.2. The first kappa shape index (κ1) is 18.4. The first-order valence-corrected chi connectivity index (χ1v) is 8.35. The molecular formula is C19H20BFN2O3. The summed E-state index contributed by atoms with van der Waals surface area (Å²) in [4.78, 5) is 3.92. The topological polar surface area (TPSA) is 64.4 Å². The predicted molar refractivity (Wildman–Crippen MR) is 95.4 cm³/mol. The Balaban J connectivity index is 1.84. The lowest BCUT2D eigenvalue weighted by atomic mass is 9.78. The second-order valence-electron chi connectivity index (χ2n) is 7.22. The third kappa shape index (κ3) is 3.57. The highest BCUT2D eigenvalue weighted by atomic mass is 19.1. The van der Waals surface area contributed by atoms with Crippen LogP contribution in [0.5, 0.6) is 5.75 Å². The van der Waals surface area contributed by atoms with Gasteiger partial charge in [-0.2, -0.15) is 5.26 Å². The molecule has 0 spiro atoms. The van der Waals surface area contributed by atoms with E-state index in [9.17, 15) is 4.39 Å². The average Bonchev–Trinajstić information content (AvgIpc) is 2.81. The Labute approximate surface area is 152 Å². The molecule has 0 radical (unpaired) electrons. The molecule has 2 heterocycles. The second-order valence-corrected chi connectivity index (χ2v) is 7.22. The van der Waals surface area contributed by atoms with Gasteiger partial charge in [0.1, 0.15) is 29.9 Å². The molecule has 0 amide bonds. The van der Waals surface area contributed by atoms with Gasteiger partial charge in [-0.25, -0.2) is 9.37 Å². The fourth-order valence-electron chi connectivity index (χ4n) is 2.58. The molecule has 1 fully saturated rings. The molecule has 1 saturated heterocycles. The Bertz CT molecular complexity index is 848. The van der Waals surface area contributed by atoms with Crippen LogP contribution in [0.1, 0.15) is 39.0 Å². The molecule has 7 heteroatoms. The molecule has 2 aromatic rings. The molecule has 26 heavy (non-hydrogen) atoms. The summed E-state index contributed by atoms with van der Waals surface area (Å²) < 4.78 is 31.7. The van der Waals surface area contributed by atoms with Crippen LogP contribution in [-0.2, 0) is 15.9 Å². The van der Waals surface area contributed by atoms with Crippen molar-refractivity contribution in [2.75, 3.05) is 0 Å². The molecule has 0 N–H and O–H groups in total. The van der Waals surface area contributed by atoms with Crippen LogP contribution in [-0.4, -0.2) is 23.3 Å². The van der Waals surface area contributed by atoms with Crippen LogP contribution < -0.4 is 10.2 Å². The van der Waals surface area contributed by atoms with E-state index in [2.05, 4.69) is 4.98 Å². The summed E-state index contributed by atoms with van der Waals surface area (Å²) in [5, 5.41) is 8.93. The number of halogens is 1. The molecule has 0 unspecified atom stereocenters. The number of benzene rings is 1. The Hall–Kier alpha value is -2.43. The summed E-state index contributed by atoms with van der Waals surface area (Å²) >= 11 is 0. The average molecular weight is 354 g/mol. The monoisotopic (exact) mass is 354 g/mol. The van der Waals surface area contributed by atoms with Crippen molar-refractivity contribution < 1.29 is 18.4 Å². The van der Waals surface area contributed by atoms with E-state index >= 15 is 0 Å². The van der Waals surface area contributed by atoms with Gasteiger partial charge in [-0.15, -0.1) is 0 Å². The lowest BCUT2D eigenvalue weighted by Crippen LogP contribution is -2.41. The van der Waals surface area contributed by atoms with Crippen molar-refractivity contribution in [3.63, 3.8) is 0 Å². The third-order valence-corrected chi connectivity index (χ3v) is 4.82. The van der Waals surface area contributed by atoms with E-state index < -0.39 is 24.1 Å². The van der Waals surface area contributed by atoms with Gasteiger partial charge in [-0.1, -0.05) is 6.07 Å². The molecular weight excluding hydrogens is 334 g/mol. The molecule has 1 aromatic heterocycles. The van der Waals surface area contributed by atoms with Gasteiger partial charge in [-0.05, 0) is 51.5 Å². The summed E-state index contributed by atoms with van der Waals surface area (Å²) in [7, 11) is -0.650. The van der Waals surface area contributed by atoms with E-state index in [1.54, 1.807) is 18.2 Å². The fraction of sp³-hybridized carbons (Fsp3) is 0.368. The largest absolute Gasteiger partial charge is 0.498 e. The minimum Gasteiger partial charge on any atom is -0.489 e. The standard InChI is InChI=1S/C19H20BFN2O3/c1-18(2)19(3,4)26-20(25-18)16-6-5-14(21)10-17(16)24-12-13-7-8-23-15(9-13)11-22/h5-10H,12H2,1-4H3. The molecule has 0 atom stereocenters. The summed E-state index contributed by atoms with van der Waals surface area (Å²) in [6.45, 7) is 8.00. The third-order valence-electron chi connectivity index (χ3n) is 4.82. The van der Waals surface area contributed by atoms with Crippen LogP contribution >= 0.6 is 0 Å². The molecule has 0 aliphatic carbocycles. The zero-order valence-electron chi connectivity index (χ0n) is 15.2. The number of rotatable bonds is 4. The lowest BCUT2D eigenvalue weighted by molar-refractivity contribution is 0.00578. The minimum absolute atomic E-state index is 0.174. The van der Waals surface area contributed by atoms with Crippen LogP contribution in [0.15, 0.2) is 36.5 Å². The number of hydrogen-bond acceptors (Lipinski definition) is 5. The van der Waals surface area contributed by atoms with Gasteiger partial charge in [-0.3, -0.25) is 0 Å². The second kappa shape index (κ2) is 6.71. The van der Waals surface area contributed by atoms with Crippen LogP contribution in [0.25, 0.3) is 0 Å². The van der Waals surface area contributed by atoms with Crippen molar-refractivity contribution >= 4 is 12.6 Å². The Morgan fingerprint density at radius 1 is 1.15 bits per heavy atom. The van der Waals surface area contributed by atoms with E-state index in [0.29, 0.717) is 16.9 Å². The number of pyridine rings is 1. The summed E-state index contributed by atoms with van der Waals surface area (Å²) in [5.74, 6) is -0.0634. The first-order valence-electron chi connectivity index (χ1n) is 8.35. The molecule has 5 nitrogen and oxygen atoms in total. The maximum Gasteiger partial charge on any atom is 0.498 e. The van der Waals surface area contributed by atoms with Crippen LogP contribution in [0, 0.1) is 17.1 Å². The van der Waals surface area contributed by atoms with Crippen molar-refractivity contribution in [3.05, 3.63) is 53.6 Å². The number of nitriles is 1.